The molecule has 0 radical (unpaired) electrons. The summed E-state index contributed by atoms with van der Waals surface area (Å²) in [5.41, 5.74) is 0.787. The number of rotatable bonds is 3. The quantitative estimate of drug-likeness (QED) is 0.620. The zero-order valence-corrected chi connectivity index (χ0v) is 9.38. The van der Waals surface area contributed by atoms with Crippen molar-refractivity contribution in [2.24, 2.45) is 40.9 Å². The highest BCUT2D eigenvalue weighted by atomic mass is 14.9. The first kappa shape index (κ1) is 8.32. The molecule has 0 aromatic rings. The molecule has 3 aliphatic rings. The van der Waals surface area contributed by atoms with Gasteiger partial charge in [-0.15, -0.1) is 0 Å². The number of hydrogen-bond acceptors (Lipinski definition) is 0. The first-order valence-corrected chi connectivity index (χ1v) is 6.17. The lowest BCUT2D eigenvalue weighted by atomic mass is 9.86. The van der Waals surface area contributed by atoms with E-state index in [-0.39, 0.29) is 0 Å². The molecule has 5 atom stereocenters. The van der Waals surface area contributed by atoms with Crippen LogP contribution in [-0.2, 0) is 0 Å². The van der Waals surface area contributed by atoms with Gasteiger partial charge in [-0.2, -0.15) is 0 Å². The van der Waals surface area contributed by atoms with E-state index in [4.69, 9.17) is 0 Å². The van der Waals surface area contributed by atoms with Crippen molar-refractivity contribution in [2.45, 2.75) is 40.5 Å². The van der Waals surface area contributed by atoms with Gasteiger partial charge in [-0.1, -0.05) is 40.5 Å². The molecule has 0 bridgehead atoms. The van der Waals surface area contributed by atoms with Gasteiger partial charge in [-0.05, 0) is 40.9 Å². The Morgan fingerprint density at radius 3 is 2.08 bits per heavy atom. The van der Waals surface area contributed by atoms with E-state index in [1.807, 2.05) is 0 Å². The molecule has 0 spiro atoms. The van der Waals surface area contributed by atoms with Crippen LogP contribution in [0.5, 0.6) is 0 Å². The molecule has 3 aliphatic carbocycles. The zero-order valence-electron chi connectivity index (χ0n) is 9.38. The van der Waals surface area contributed by atoms with E-state index in [2.05, 4.69) is 27.7 Å². The molecule has 0 amide bonds. The van der Waals surface area contributed by atoms with Crippen LogP contribution >= 0.6 is 0 Å². The second-order valence-corrected chi connectivity index (χ2v) is 5.95. The topological polar surface area (TPSA) is 0 Å². The van der Waals surface area contributed by atoms with Crippen molar-refractivity contribution < 1.29 is 0 Å². The average Bonchev–Trinajstić information content (AvgIpc) is 2.85. The molecule has 3 fully saturated rings. The van der Waals surface area contributed by atoms with Gasteiger partial charge in [-0.25, -0.2) is 0 Å². The van der Waals surface area contributed by atoms with Gasteiger partial charge in [0.2, 0.25) is 0 Å². The monoisotopic (exact) mass is 178 g/mol. The Morgan fingerprint density at radius 2 is 1.69 bits per heavy atom. The Bertz CT molecular complexity index is 226. The third-order valence-corrected chi connectivity index (χ3v) is 5.98. The summed E-state index contributed by atoms with van der Waals surface area (Å²) < 4.78 is 0. The minimum atomic E-state index is 0.787. The molecule has 0 heteroatoms. The first-order valence-electron chi connectivity index (χ1n) is 6.17. The van der Waals surface area contributed by atoms with Crippen molar-refractivity contribution in [3.63, 3.8) is 0 Å². The van der Waals surface area contributed by atoms with Crippen molar-refractivity contribution >= 4 is 0 Å². The Balaban J connectivity index is 1.71. The number of fused-ring (bicyclic) bond motifs is 4. The van der Waals surface area contributed by atoms with Gasteiger partial charge in [0.25, 0.3) is 0 Å². The van der Waals surface area contributed by atoms with Crippen LogP contribution in [0.25, 0.3) is 0 Å². The standard InChI is InChI=1S/C13H22/c1-5-7(3)13(4)11-9-8(6-2)10(9)12(11)13/h7-12H,5-6H2,1-4H3. The maximum absolute atomic E-state index is 2.56. The summed E-state index contributed by atoms with van der Waals surface area (Å²) in [6, 6.07) is 0. The molecule has 0 aromatic heterocycles. The predicted octanol–water partition coefficient (Wildman–Crippen LogP) is 3.57. The molecular formula is C13H22. The van der Waals surface area contributed by atoms with E-state index >= 15 is 0 Å². The van der Waals surface area contributed by atoms with Crippen LogP contribution in [0.4, 0.5) is 0 Å². The minimum absolute atomic E-state index is 0.787. The second-order valence-electron chi connectivity index (χ2n) is 5.95. The third-order valence-electron chi connectivity index (χ3n) is 5.98. The van der Waals surface area contributed by atoms with E-state index in [0.717, 1.165) is 29.1 Å². The fourth-order valence-corrected chi connectivity index (χ4v) is 4.85. The van der Waals surface area contributed by atoms with Crippen molar-refractivity contribution in [3.8, 4) is 0 Å². The van der Waals surface area contributed by atoms with E-state index in [9.17, 15) is 0 Å². The molecule has 5 unspecified atom stereocenters. The van der Waals surface area contributed by atoms with Gasteiger partial charge >= 0.3 is 0 Å². The molecule has 0 nitrogen and oxygen atoms in total. The summed E-state index contributed by atoms with van der Waals surface area (Å²) in [7, 11) is 0. The van der Waals surface area contributed by atoms with Crippen molar-refractivity contribution in [1.82, 2.24) is 0 Å². The van der Waals surface area contributed by atoms with Crippen molar-refractivity contribution in [2.75, 3.05) is 0 Å². The van der Waals surface area contributed by atoms with Gasteiger partial charge in [0.15, 0.2) is 0 Å². The summed E-state index contributed by atoms with van der Waals surface area (Å²) in [5.74, 6) is 6.85. The normalized spacial score (nSPS) is 63.2. The minimum Gasteiger partial charge on any atom is -0.0651 e. The van der Waals surface area contributed by atoms with E-state index in [1.54, 1.807) is 0 Å². The van der Waals surface area contributed by atoms with Crippen LogP contribution < -0.4 is 0 Å². The van der Waals surface area contributed by atoms with E-state index in [0.29, 0.717) is 0 Å². The Labute approximate surface area is 82.1 Å². The summed E-state index contributed by atoms with van der Waals surface area (Å²) in [5, 5.41) is 0. The van der Waals surface area contributed by atoms with Crippen LogP contribution in [0.15, 0.2) is 0 Å². The van der Waals surface area contributed by atoms with Gasteiger partial charge in [0.05, 0.1) is 0 Å². The summed E-state index contributed by atoms with van der Waals surface area (Å²) in [6.45, 7) is 9.77. The van der Waals surface area contributed by atoms with Gasteiger partial charge < -0.3 is 0 Å². The summed E-state index contributed by atoms with van der Waals surface area (Å²) in [6.07, 6.45) is 2.85. The molecule has 13 heavy (non-hydrogen) atoms. The fraction of sp³-hybridized carbons (Fsp3) is 1.00. The third kappa shape index (κ3) is 0.680. The molecule has 74 valence electrons. The Morgan fingerprint density at radius 1 is 1.15 bits per heavy atom. The fourth-order valence-electron chi connectivity index (χ4n) is 4.85. The predicted molar refractivity (Wildman–Crippen MR) is 55.3 cm³/mol. The van der Waals surface area contributed by atoms with E-state index < -0.39 is 0 Å². The molecule has 0 aliphatic heterocycles. The maximum Gasteiger partial charge on any atom is -0.0232 e. The lowest BCUT2D eigenvalue weighted by Gasteiger charge is -2.19. The van der Waals surface area contributed by atoms with Gasteiger partial charge in [0, 0.05) is 0 Å². The Kier molecular flexibility index (Phi) is 1.37. The van der Waals surface area contributed by atoms with Crippen LogP contribution in [-0.4, -0.2) is 0 Å². The number of hydrogen-bond donors (Lipinski definition) is 0. The lowest BCUT2D eigenvalue weighted by Crippen LogP contribution is -2.11. The first-order chi connectivity index (χ1) is 6.17. The van der Waals surface area contributed by atoms with E-state index in [1.165, 1.54) is 24.7 Å². The highest BCUT2D eigenvalue weighted by Crippen LogP contribution is 2.90. The molecule has 0 aromatic carbocycles. The molecule has 3 rings (SSSR count). The highest BCUT2D eigenvalue weighted by molar-refractivity contribution is 5.33. The maximum atomic E-state index is 2.56. The smallest absolute Gasteiger partial charge is 0.0232 e. The van der Waals surface area contributed by atoms with Crippen LogP contribution in [0.1, 0.15) is 40.5 Å². The Hall–Kier alpha value is 0. The van der Waals surface area contributed by atoms with Crippen molar-refractivity contribution in [3.05, 3.63) is 0 Å². The van der Waals surface area contributed by atoms with Gasteiger partial charge in [0.1, 0.15) is 0 Å². The second kappa shape index (κ2) is 2.15. The lowest BCUT2D eigenvalue weighted by molar-refractivity contribution is 0.303. The molecule has 0 N–H and O–H groups in total. The summed E-state index contributed by atoms with van der Waals surface area (Å²) in [4.78, 5) is 0. The average molecular weight is 178 g/mol. The van der Waals surface area contributed by atoms with Crippen LogP contribution in [0.3, 0.4) is 0 Å². The highest BCUT2D eigenvalue weighted by Gasteiger charge is 2.86. The van der Waals surface area contributed by atoms with Crippen LogP contribution in [0.2, 0.25) is 0 Å². The van der Waals surface area contributed by atoms with Crippen molar-refractivity contribution in [1.29, 1.82) is 0 Å². The largest absolute Gasteiger partial charge is 0.0651 e. The molecule has 0 heterocycles. The molecule has 3 saturated carbocycles. The summed E-state index contributed by atoms with van der Waals surface area (Å²) >= 11 is 0. The molecular weight excluding hydrogens is 156 g/mol. The van der Waals surface area contributed by atoms with Crippen LogP contribution in [0, 0.1) is 40.9 Å². The SMILES string of the molecule is CCC1C2C1C1C2C1(C)C(C)CC. The molecule has 0 saturated heterocycles. The zero-order chi connectivity index (χ0) is 9.38. The van der Waals surface area contributed by atoms with Gasteiger partial charge in [-0.3, -0.25) is 0 Å².